The van der Waals surface area contributed by atoms with Gasteiger partial charge in [-0.25, -0.2) is 46.7 Å². The average molecular weight is 1390 g/mol. The Labute approximate surface area is 548 Å². The Morgan fingerprint density at radius 3 is 0.432 bits per heavy atom. The Kier molecular flexibility index (Phi) is 62.1. The zero-order chi connectivity index (χ0) is 70.0. The van der Waals surface area contributed by atoms with Gasteiger partial charge in [0.1, 0.15) is 89.5 Å². The molecule has 0 spiro atoms. The van der Waals surface area contributed by atoms with Gasteiger partial charge in [0.2, 0.25) is 0 Å². The Balaban J connectivity index is 6.36. The van der Waals surface area contributed by atoms with Crippen LogP contribution in [0.4, 0.5) is 0 Å². The van der Waals surface area contributed by atoms with Crippen molar-refractivity contribution in [2.75, 3.05) is 238 Å². The van der Waals surface area contributed by atoms with Crippen LogP contribution in [0.1, 0.15) is 0 Å². The molecular formula is C50H102N16O29. The third-order valence-corrected chi connectivity index (χ3v) is 11.0. The van der Waals surface area contributed by atoms with Crippen molar-refractivity contribution in [1.29, 1.82) is 0 Å². The smallest absolute Gasteiger partial charge is 0.259 e. The zero-order valence-electron chi connectivity index (χ0n) is 53.4. The number of ether oxygens (including phenoxy) is 21. The van der Waals surface area contributed by atoms with Gasteiger partial charge in [0, 0.05) is 0 Å². The van der Waals surface area contributed by atoms with E-state index in [0.717, 1.165) is 0 Å². The van der Waals surface area contributed by atoms with Gasteiger partial charge < -0.3 is 99.5 Å². The standard InChI is InChI=1S/C50H102N16O29/c51-59-43(67)29-77-3-1-75-17-37(90-11-5-79-31-45(69)61-53)19-85-21-39(92-13-7-81-33-47(71)63-55)23-87-25-41(94-15-9-83-35-49(73)65-57)27-89-28-42(95-16-10-84-36-50(74)66-58)26-88-24-40(93-14-8-82-34-48(72)64-56)22-86-20-38(91-12-6-80-32-46(70)62-54)18-76-2-4-78-30-44(68)60-52/h37-42H,1-36,51-58H2,(H,59,67)(H,60,68)(H,61,69)(H,62,70)(H,63,71)(H,64,72)(H,65,73)(H,66,74). The number of carbonyl (C=O) groups is 8. The summed E-state index contributed by atoms with van der Waals surface area (Å²) in [5.41, 5.74) is 15.7. The molecule has 0 heterocycles. The lowest BCUT2D eigenvalue weighted by molar-refractivity contribution is -0.135. The highest BCUT2D eigenvalue weighted by Crippen LogP contribution is 2.07. The van der Waals surface area contributed by atoms with Crippen LogP contribution in [-0.2, 0) is 138 Å². The maximum Gasteiger partial charge on any atom is 0.259 e. The molecule has 6 atom stereocenters. The van der Waals surface area contributed by atoms with Crippen molar-refractivity contribution in [2.45, 2.75) is 36.6 Å². The second-order valence-corrected chi connectivity index (χ2v) is 18.8. The molecule has 8 amide bonds. The molecule has 6 unspecified atom stereocenters. The van der Waals surface area contributed by atoms with Crippen LogP contribution in [0.15, 0.2) is 0 Å². The molecule has 0 saturated heterocycles. The Bertz CT molecular complexity index is 1820. The molecule has 45 heteroatoms. The van der Waals surface area contributed by atoms with E-state index in [0.29, 0.717) is 0 Å². The van der Waals surface area contributed by atoms with E-state index in [1.165, 1.54) is 0 Å². The van der Waals surface area contributed by atoms with Gasteiger partial charge in [0.25, 0.3) is 47.3 Å². The first-order valence-corrected chi connectivity index (χ1v) is 29.5. The van der Waals surface area contributed by atoms with Crippen molar-refractivity contribution >= 4 is 47.3 Å². The fourth-order valence-corrected chi connectivity index (χ4v) is 6.48. The van der Waals surface area contributed by atoms with Crippen molar-refractivity contribution in [3.63, 3.8) is 0 Å². The summed E-state index contributed by atoms with van der Waals surface area (Å²) >= 11 is 0. The van der Waals surface area contributed by atoms with E-state index < -0.39 is 83.9 Å². The SMILES string of the molecule is NNC(=O)COCCOCC(COCC(COCC(COCC(COCC(COCC(COCCOCC(=O)NN)OCCOCC(=O)NN)OCCOCC(=O)NN)OCCOCC(=O)NN)OCCOCC(=O)NN)OCCOCC(=O)NN)OCCOCC(=O)NN. The Morgan fingerprint density at radius 2 is 0.295 bits per heavy atom. The van der Waals surface area contributed by atoms with Crippen molar-refractivity contribution in [3.8, 4) is 0 Å². The van der Waals surface area contributed by atoms with Crippen LogP contribution >= 0.6 is 0 Å². The summed E-state index contributed by atoms with van der Waals surface area (Å²) in [6.45, 7) is -3.45. The van der Waals surface area contributed by atoms with E-state index in [4.69, 9.17) is 146 Å². The molecule has 0 aliphatic rings. The lowest BCUT2D eigenvalue weighted by Gasteiger charge is -2.24. The van der Waals surface area contributed by atoms with Crippen molar-refractivity contribution in [2.24, 2.45) is 46.7 Å². The van der Waals surface area contributed by atoms with E-state index in [-0.39, 0.29) is 238 Å². The minimum Gasteiger partial charge on any atom is -0.376 e. The maximum atomic E-state index is 11.7. The number of amides is 8. The zero-order valence-corrected chi connectivity index (χ0v) is 53.4. The molecule has 0 bridgehead atoms. The van der Waals surface area contributed by atoms with Crippen LogP contribution in [0, 0.1) is 0 Å². The van der Waals surface area contributed by atoms with Crippen LogP contribution in [0.3, 0.4) is 0 Å². The third-order valence-electron chi connectivity index (χ3n) is 11.0. The summed E-state index contributed by atoms with van der Waals surface area (Å²) in [4.78, 5) is 92.5. The summed E-state index contributed by atoms with van der Waals surface area (Å²) in [7, 11) is 0. The lowest BCUT2D eigenvalue weighted by Crippen LogP contribution is -2.36. The molecular weight excluding hydrogens is 1290 g/mol. The summed E-state index contributed by atoms with van der Waals surface area (Å²) in [5, 5.41) is 0. The van der Waals surface area contributed by atoms with Gasteiger partial charge in [-0.15, -0.1) is 0 Å². The van der Waals surface area contributed by atoms with Gasteiger partial charge >= 0.3 is 0 Å². The van der Waals surface area contributed by atoms with Crippen LogP contribution < -0.4 is 90.1 Å². The monoisotopic (exact) mass is 1390 g/mol. The normalized spacial score (nSPS) is 13.2. The second kappa shape index (κ2) is 65.9. The van der Waals surface area contributed by atoms with E-state index in [2.05, 4.69) is 0 Å². The number of rotatable bonds is 70. The average Bonchev–Trinajstić information content (AvgIpc) is 3.39. The molecule has 0 fully saturated rings. The van der Waals surface area contributed by atoms with Crippen molar-refractivity contribution < 1.29 is 138 Å². The Hall–Kier alpha value is -5.40. The molecule has 0 aromatic rings. The fraction of sp³-hybridized carbons (Fsp3) is 0.840. The predicted molar refractivity (Wildman–Crippen MR) is 319 cm³/mol. The van der Waals surface area contributed by atoms with Gasteiger partial charge in [0.15, 0.2) is 0 Å². The molecule has 0 saturated carbocycles. The molecule has 24 N–H and O–H groups in total. The second-order valence-electron chi connectivity index (χ2n) is 18.8. The highest BCUT2D eigenvalue weighted by Gasteiger charge is 2.21. The highest BCUT2D eigenvalue weighted by atomic mass is 16.6. The minimum absolute atomic E-state index is 0.00134. The van der Waals surface area contributed by atoms with Crippen LogP contribution in [0.25, 0.3) is 0 Å². The first-order valence-electron chi connectivity index (χ1n) is 29.5. The first kappa shape index (κ1) is 89.6. The first-order chi connectivity index (χ1) is 46.2. The molecule has 95 heavy (non-hydrogen) atoms. The molecule has 556 valence electrons. The third kappa shape index (κ3) is 58.5. The Morgan fingerprint density at radius 1 is 0.179 bits per heavy atom. The topological polar surface area (TPSA) is 635 Å². The highest BCUT2D eigenvalue weighted by molar-refractivity contribution is 5.78. The van der Waals surface area contributed by atoms with E-state index in [1.54, 1.807) is 0 Å². The van der Waals surface area contributed by atoms with E-state index >= 15 is 0 Å². The van der Waals surface area contributed by atoms with Gasteiger partial charge in [-0.3, -0.25) is 81.8 Å². The molecule has 0 radical (unpaired) electrons. The van der Waals surface area contributed by atoms with E-state index in [9.17, 15) is 38.4 Å². The number of hydrogen-bond acceptors (Lipinski definition) is 37. The summed E-state index contributed by atoms with van der Waals surface area (Å²) < 4.78 is 120. The molecule has 0 aliphatic heterocycles. The molecule has 0 rings (SSSR count). The number of hydrogen-bond donors (Lipinski definition) is 16. The molecule has 0 aliphatic carbocycles. The maximum absolute atomic E-state index is 11.7. The number of nitrogens with one attached hydrogen (secondary N) is 8. The van der Waals surface area contributed by atoms with Gasteiger partial charge in [-0.2, -0.15) is 0 Å². The van der Waals surface area contributed by atoms with Crippen molar-refractivity contribution in [3.05, 3.63) is 0 Å². The van der Waals surface area contributed by atoms with Gasteiger partial charge in [-0.05, 0) is 0 Å². The summed E-state index contributed by atoms with van der Waals surface area (Å²) in [5.74, 6) is 36.6. The van der Waals surface area contributed by atoms with Crippen LogP contribution in [0.5, 0.6) is 0 Å². The van der Waals surface area contributed by atoms with Gasteiger partial charge in [0.05, 0.1) is 185 Å². The largest absolute Gasteiger partial charge is 0.376 e. The van der Waals surface area contributed by atoms with Crippen LogP contribution in [0.2, 0.25) is 0 Å². The van der Waals surface area contributed by atoms with Crippen molar-refractivity contribution in [1.82, 2.24) is 43.4 Å². The minimum atomic E-state index is -0.808. The molecule has 45 nitrogen and oxygen atoms in total. The van der Waals surface area contributed by atoms with E-state index in [1.807, 2.05) is 43.4 Å². The summed E-state index contributed by atoms with van der Waals surface area (Å²) in [6, 6.07) is 0. The lowest BCUT2D eigenvalue weighted by atomic mass is 10.3. The number of nitrogens with two attached hydrogens (primary N) is 8. The molecule has 0 aromatic heterocycles. The number of hydrazine groups is 8. The molecule has 0 aromatic carbocycles. The van der Waals surface area contributed by atoms with Crippen LogP contribution in [-0.4, -0.2) is 322 Å². The quantitative estimate of drug-likeness (QED) is 0.0116. The number of carbonyl (C=O) groups excluding carboxylic acids is 8. The summed E-state index contributed by atoms with van der Waals surface area (Å²) in [6.07, 6.45) is -4.54. The van der Waals surface area contributed by atoms with Gasteiger partial charge in [-0.1, -0.05) is 0 Å². The predicted octanol–water partition coefficient (Wildman–Crippen LogP) is -12.5. The fourth-order valence-electron chi connectivity index (χ4n) is 6.48.